The van der Waals surface area contributed by atoms with Crippen molar-refractivity contribution >= 4 is 17.3 Å². The molecule has 1 fully saturated rings. The molecule has 94 valence electrons. The average Bonchev–Trinajstić information content (AvgIpc) is 2.39. The van der Waals surface area contributed by atoms with E-state index >= 15 is 0 Å². The fourth-order valence-electron chi connectivity index (χ4n) is 2.41. The third-order valence-electron chi connectivity index (χ3n) is 3.73. The first-order valence-electron chi connectivity index (χ1n) is 6.27. The average molecular weight is 253 g/mol. The van der Waals surface area contributed by atoms with Gasteiger partial charge >= 0.3 is 0 Å². The highest BCUT2D eigenvalue weighted by atomic mass is 35.5. The van der Waals surface area contributed by atoms with Crippen molar-refractivity contribution in [3.63, 3.8) is 0 Å². The van der Waals surface area contributed by atoms with Gasteiger partial charge in [-0.1, -0.05) is 12.1 Å². The first-order valence-corrected chi connectivity index (χ1v) is 6.80. The summed E-state index contributed by atoms with van der Waals surface area (Å²) < 4.78 is 0. The van der Waals surface area contributed by atoms with Gasteiger partial charge in [-0.2, -0.15) is 0 Å². The van der Waals surface area contributed by atoms with Gasteiger partial charge in [0.25, 0.3) is 0 Å². The number of anilines is 1. The fourth-order valence-corrected chi connectivity index (χ4v) is 2.59. The molecule has 0 aliphatic carbocycles. The van der Waals surface area contributed by atoms with E-state index < -0.39 is 0 Å². The summed E-state index contributed by atoms with van der Waals surface area (Å²) in [5.41, 5.74) is 2.49. The molecular formula is C14H21ClN2. The van der Waals surface area contributed by atoms with E-state index in [2.05, 4.69) is 48.2 Å². The smallest absolute Gasteiger partial charge is 0.0474 e. The van der Waals surface area contributed by atoms with E-state index in [0.717, 1.165) is 0 Å². The summed E-state index contributed by atoms with van der Waals surface area (Å²) in [6.07, 6.45) is 2.51. The fraction of sp³-hybridized carbons (Fsp3) is 0.571. The van der Waals surface area contributed by atoms with Gasteiger partial charge in [0.2, 0.25) is 0 Å². The van der Waals surface area contributed by atoms with Gasteiger partial charge in [0.05, 0.1) is 0 Å². The Hall–Kier alpha value is -0.730. The molecule has 0 unspecified atom stereocenters. The van der Waals surface area contributed by atoms with E-state index in [4.69, 9.17) is 11.6 Å². The lowest BCUT2D eigenvalue weighted by Gasteiger charge is -2.36. The first-order chi connectivity index (χ1) is 8.20. The Morgan fingerprint density at radius 1 is 1.24 bits per heavy atom. The molecule has 0 atom stereocenters. The lowest BCUT2D eigenvalue weighted by molar-refractivity contribution is 0.253. The third-order valence-corrected chi connectivity index (χ3v) is 4.04. The number of hydrogen-bond acceptors (Lipinski definition) is 2. The van der Waals surface area contributed by atoms with Crippen LogP contribution in [0.4, 0.5) is 5.69 Å². The summed E-state index contributed by atoms with van der Waals surface area (Å²) in [5.74, 6) is 0.595. The summed E-state index contributed by atoms with van der Waals surface area (Å²) in [6, 6.07) is 9.27. The second kappa shape index (κ2) is 5.74. The molecule has 0 radical (unpaired) electrons. The summed E-state index contributed by atoms with van der Waals surface area (Å²) in [4.78, 5) is 4.81. The number of nitrogens with zero attached hydrogens (tertiary/aromatic N) is 2. The molecule has 1 aromatic rings. The molecule has 0 bridgehead atoms. The van der Waals surface area contributed by atoms with Crippen LogP contribution >= 0.6 is 11.6 Å². The van der Waals surface area contributed by atoms with Gasteiger partial charge in [0.1, 0.15) is 0 Å². The number of alkyl halides is 1. The second-order valence-electron chi connectivity index (χ2n) is 4.95. The Morgan fingerprint density at radius 2 is 1.82 bits per heavy atom. The van der Waals surface area contributed by atoms with E-state index in [9.17, 15) is 0 Å². The van der Waals surface area contributed by atoms with E-state index in [-0.39, 0.29) is 0 Å². The summed E-state index contributed by atoms with van der Waals surface area (Å²) in [7, 11) is 4.40. The van der Waals surface area contributed by atoms with Crippen LogP contribution < -0.4 is 4.90 Å². The van der Waals surface area contributed by atoms with Gasteiger partial charge in [-0.15, -0.1) is 11.6 Å². The molecule has 2 nitrogen and oxygen atoms in total. The Bertz CT molecular complexity index is 342. The predicted octanol–water partition coefficient (Wildman–Crippen LogP) is 2.96. The van der Waals surface area contributed by atoms with Crippen molar-refractivity contribution in [3.05, 3.63) is 29.8 Å². The number of benzene rings is 1. The van der Waals surface area contributed by atoms with Gasteiger partial charge in [-0.3, -0.25) is 0 Å². The quantitative estimate of drug-likeness (QED) is 0.764. The summed E-state index contributed by atoms with van der Waals surface area (Å²) in [6.45, 7) is 2.41. The molecule has 1 aliphatic heterocycles. The highest BCUT2D eigenvalue weighted by Crippen LogP contribution is 2.22. The minimum Gasteiger partial charge on any atom is -0.372 e. The zero-order valence-corrected chi connectivity index (χ0v) is 11.5. The van der Waals surface area contributed by atoms with Crippen LogP contribution in [0.15, 0.2) is 24.3 Å². The molecule has 1 heterocycles. The topological polar surface area (TPSA) is 6.48 Å². The maximum absolute atomic E-state index is 5.80. The van der Waals surface area contributed by atoms with Crippen molar-refractivity contribution in [2.24, 2.45) is 0 Å². The number of rotatable bonds is 3. The van der Waals surface area contributed by atoms with Gasteiger partial charge < -0.3 is 9.80 Å². The van der Waals surface area contributed by atoms with Crippen LogP contribution in [0, 0.1) is 0 Å². The Morgan fingerprint density at radius 3 is 2.35 bits per heavy atom. The maximum Gasteiger partial charge on any atom is 0.0474 e. The van der Waals surface area contributed by atoms with Crippen molar-refractivity contribution in [2.75, 3.05) is 32.1 Å². The molecule has 0 spiro atoms. The minimum absolute atomic E-state index is 0.595. The molecule has 0 N–H and O–H groups in total. The molecule has 0 saturated carbocycles. The van der Waals surface area contributed by atoms with E-state index in [1.165, 1.54) is 37.2 Å². The van der Waals surface area contributed by atoms with Crippen LogP contribution in [-0.4, -0.2) is 38.1 Å². The zero-order chi connectivity index (χ0) is 12.3. The van der Waals surface area contributed by atoms with Crippen molar-refractivity contribution in [1.82, 2.24) is 4.90 Å². The van der Waals surface area contributed by atoms with Crippen LogP contribution in [0.5, 0.6) is 0 Å². The molecule has 0 aromatic heterocycles. The van der Waals surface area contributed by atoms with Crippen molar-refractivity contribution in [1.29, 1.82) is 0 Å². The molecule has 1 saturated heterocycles. The first kappa shape index (κ1) is 12.7. The molecular weight excluding hydrogens is 232 g/mol. The highest BCUT2D eigenvalue weighted by Gasteiger charge is 2.20. The van der Waals surface area contributed by atoms with Gasteiger partial charge in [0.15, 0.2) is 0 Å². The molecule has 1 aromatic carbocycles. The standard InChI is InChI=1S/C14H21ClN2/c1-16-9-7-14(8-10-16)17(2)13-5-3-12(11-15)4-6-13/h3-6,14H,7-11H2,1-2H3. The molecule has 17 heavy (non-hydrogen) atoms. The predicted molar refractivity (Wildman–Crippen MR) is 74.9 cm³/mol. The van der Waals surface area contributed by atoms with Crippen LogP contribution in [0.1, 0.15) is 18.4 Å². The number of halogens is 1. The molecule has 2 rings (SSSR count). The molecule has 1 aliphatic rings. The van der Waals surface area contributed by atoms with Gasteiger partial charge in [-0.05, 0) is 50.7 Å². The van der Waals surface area contributed by atoms with Gasteiger partial charge in [0, 0.05) is 24.7 Å². The Labute approximate surface area is 109 Å². The summed E-state index contributed by atoms with van der Waals surface area (Å²) >= 11 is 5.80. The highest BCUT2D eigenvalue weighted by molar-refractivity contribution is 6.17. The van der Waals surface area contributed by atoms with E-state index in [0.29, 0.717) is 11.9 Å². The third kappa shape index (κ3) is 3.14. The van der Waals surface area contributed by atoms with Crippen LogP contribution in [0.3, 0.4) is 0 Å². The second-order valence-corrected chi connectivity index (χ2v) is 5.21. The number of hydrogen-bond donors (Lipinski definition) is 0. The SMILES string of the molecule is CN1CCC(N(C)c2ccc(CCl)cc2)CC1. The number of likely N-dealkylation sites (tertiary alicyclic amines) is 1. The summed E-state index contributed by atoms with van der Waals surface area (Å²) in [5, 5.41) is 0. The normalized spacial score (nSPS) is 18.3. The van der Waals surface area contributed by atoms with Gasteiger partial charge in [-0.25, -0.2) is 0 Å². The number of piperidine rings is 1. The minimum atomic E-state index is 0.595. The lowest BCUT2D eigenvalue weighted by atomic mass is 10.0. The van der Waals surface area contributed by atoms with E-state index in [1.54, 1.807) is 0 Å². The Kier molecular flexibility index (Phi) is 4.30. The van der Waals surface area contributed by atoms with Crippen molar-refractivity contribution in [2.45, 2.75) is 24.8 Å². The maximum atomic E-state index is 5.80. The molecule has 0 amide bonds. The van der Waals surface area contributed by atoms with Crippen molar-refractivity contribution < 1.29 is 0 Å². The van der Waals surface area contributed by atoms with E-state index in [1.807, 2.05) is 0 Å². The molecule has 3 heteroatoms. The van der Waals surface area contributed by atoms with Crippen LogP contribution in [0.25, 0.3) is 0 Å². The van der Waals surface area contributed by atoms with Crippen LogP contribution in [0.2, 0.25) is 0 Å². The lowest BCUT2D eigenvalue weighted by Crippen LogP contribution is -2.41. The monoisotopic (exact) mass is 252 g/mol. The largest absolute Gasteiger partial charge is 0.372 e. The van der Waals surface area contributed by atoms with Crippen molar-refractivity contribution in [3.8, 4) is 0 Å². The Balaban J connectivity index is 2.00. The zero-order valence-electron chi connectivity index (χ0n) is 10.7. The van der Waals surface area contributed by atoms with Crippen LogP contribution in [-0.2, 0) is 5.88 Å².